The molecule has 1 aromatic rings. The quantitative estimate of drug-likeness (QED) is 0.403. The molecule has 0 bridgehead atoms. The smallest absolute Gasteiger partial charge is 0.265 e. The first-order valence-corrected chi connectivity index (χ1v) is 6.57. The molecule has 1 aliphatic rings. The Morgan fingerprint density at radius 2 is 2.15 bits per heavy atom. The zero-order chi connectivity index (χ0) is 14.7. The average molecular weight is 307 g/mol. The van der Waals surface area contributed by atoms with Crippen LogP contribution >= 0.6 is 23.8 Å². The van der Waals surface area contributed by atoms with Crippen LogP contribution in [0.5, 0.6) is 0 Å². The third-order valence-corrected chi connectivity index (χ3v) is 3.21. The zero-order valence-electron chi connectivity index (χ0n) is 10.4. The number of nitrogens with one attached hydrogen (secondary N) is 1. The van der Waals surface area contributed by atoms with Gasteiger partial charge in [0.25, 0.3) is 11.8 Å². The van der Waals surface area contributed by atoms with Crippen LogP contribution in [0.3, 0.4) is 0 Å². The lowest BCUT2D eigenvalue weighted by molar-refractivity contribution is -0.128. The lowest BCUT2D eigenvalue weighted by Crippen LogP contribution is -2.53. The van der Waals surface area contributed by atoms with Crippen molar-refractivity contribution in [1.29, 1.82) is 0 Å². The van der Waals surface area contributed by atoms with Gasteiger partial charge < -0.3 is 0 Å². The van der Waals surface area contributed by atoms with Crippen molar-refractivity contribution in [3.63, 3.8) is 0 Å². The Morgan fingerprint density at radius 1 is 1.40 bits per heavy atom. The number of halogens is 1. The molecule has 0 saturated carbocycles. The van der Waals surface area contributed by atoms with E-state index >= 15 is 0 Å². The third-order valence-electron chi connectivity index (χ3n) is 2.66. The van der Waals surface area contributed by atoms with Crippen molar-refractivity contribution in [3.8, 4) is 0 Å². The highest BCUT2D eigenvalue weighted by atomic mass is 35.5. The Labute approximate surface area is 126 Å². The van der Waals surface area contributed by atoms with E-state index in [9.17, 15) is 9.59 Å². The predicted octanol–water partition coefficient (Wildman–Crippen LogP) is 2.15. The number of amides is 2. The Morgan fingerprint density at radius 3 is 2.80 bits per heavy atom. The van der Waals surface area contributed by atoms with Crippen LogP contribution in [0.1, 0.15) is 5.56 Å². The van der Waals surface area contributed by atoms with Crippen molar-refractivity contribution in [2.24, 2.45) is 0 Å². The maximum atomic E-state index is 12.3. The van der Waals surface area contributed by atoms with Gasteiger partial charge in [-0.05, 0) is 36.0 Å². The molecule has 0 spiro atoms. The molecule has 2 amide bonds. The van der Waals surface area contributed by atoms with Crippen molar-refractivity contribution in [1.82, 2.24) is 10.2 Å². The first kappa shape index (κ1) is 14.4. The molecule has 1 saturated heterocycles. The molecular formula is C14H11ClN2O2S. The van der Waals surface area contributed by atoms with E-state index in [1.807, 2.05) is 0 Å². The van der Waals surface area contributed by atoms with Crippen molar-refractivity contribution in [2.75, 3.05) is 6.54 Å². The molecular weight excluding hydrogens is 296 g/mol. The number of carbonyl (C=O) groups is 2. The Bertz CT molecular complexity index is 640. The van der Waals surface area contributed by atoms with Gasteiger partial charge in [0.2, 0.25) is 0 Å². The molecule has 102 valence electrons. The van der Waals surface area contributed by atoms with Crippen LogP contribution in [0.4, 0.5) is 0 Å². The first-order chi connectivity index (χ1) is 9.52. The summed E-state index contributed by atoms with van der Waals surface area (Å²) in [7, 11) is 0. The second-order valence-corrected chi connectivity index (χ2v) is 4.90. The minimum absolute atomic E-state index is 0.0164. The Hall–Kier alpha value is -1.98. The van der Waals surface area contributed by atoms with Gasteiger partial charge in [0, 0.05) is 11.6 Å². The van der Waals surface area contributed by atoms with Gasteiger partial charge in [0.1, 0.15) is 5.57 Å². The second-order valence-electron chi connectivity index (χ2n) is 4.08. The van der Waals surface area contributed by atoms with E-state index in [0.29, 0.717) is 10.6 Å². The molecule has 1 heterocycles. The van der Waals surface area contributed by atoms with Crippen LogP contribution in [-0.2, 0) is 9.59 Å². The summed E-state index contributed by atoms with van der Waals surface area (Å²) in [5.74, 6) is -0.959. The van der Waals surface area contributed by atoms with Gasteiger partial charge in [-0.2, -0.15) is 0 Å². The molecule has 2 rings (SSSR count). The van der Waals surface area contributed by atoms with Gasteiger partial charge in [0.05, 0.1) is 0 Å². The highest BCUT2D eigenvalue weighted by Gasteiger charge is 2.32. The number of hydrogen-bond acceptors (Lipinski definition) is 3. The lowest BCUT2D eigenvalue weighted by atomic mass is 10.1. The molecule has 0 aromatic heterocycles. The number of carbonyl (C=O) groups excluding carboxylic acids is 2. The van der Waals surface area contributed by atoms with E-state index in [2.05, 4.69) is 11.9 Å². The summed E-state index contributed by atoms with van der Waals surface area (Å²) in [6.45, 7) is 3.80. The van der Waals surface area contributed by atoms with Crippen molar-refractivity contribution >= 4 is 46.8 Å². The normalized spacial score (nSPS) is 17.4. The number of rotatable bonds is 3. The monoisotopic (exact) mass is 306 g/mol. The zero-order valence-corrected chi connectivity index (χ0v) is 12.0. The molecule has 0 atom stereocenters. The SMILES string of the molecule is C=CCN1C(=O)/C(=C/c2cccc(Cl)c2)C(=O)NC1=S. The minimum Gasteiger partial charge on any atom is -0.298 e. The van der Waals surface area contributed by atoms with Crippen LogP contribution in [0.2, 0.25) is 5.02 Å². The first-order valence-electron chi connectivity index (χ1n) is 5.78. The summed E-state index contributed by atoms with van der Waals surface area (Å²) in [4.78, 5) is 25.4. The maximum absolute atomic E-state index is 12.3. The van der Waals surface area contributed by atoms with Gasteiger partial charge in [-0.15, -0.1) is 6.58 Å². The lowest BCUT2D eigenvalue weighted by Gasteiger charge is -2.27. The van der Waals surface area contributed by atoms with Crippen LogP contribution in [-0.4, -0.2) is 28.4 Å². The van der Waals surface area contributed by atoms with E-state index in [0.717, 1.165) is 0 Å². The van der Waals surface area contributed by atoms with Crippen molar-refractivity contribution in [3.05, 3.63) is 53.1 Å². The molecule has 0 unspecified atom stereocenters. The fourth-order valence-electron chi connectivity index (χ4n) is 1.75. The summed E-state index contributed by atoms with van der Waals surface area (Å²) >= 11 is 10.8. The third kappa shape index (κ3) is 2.95. The maximum Gasteiger partial charge on any atom is 0.265 e. The summed E-state index contributed by atoms with van der Waals surface area (Å²) < 4.78 is 0. The predicted molar refractivity (Wildman–Crippen MR) is 82.1 cm³/mol. The van der Waals surface area contributed by atoms with Crippen LogP contribution in [0.15, 0.2) is 42.5 Å². The van der Waals surface area contributed by atoms with E-state index in [-0.39, 0.29) is 17.2 Å². The van der Waals surface area contributed by atoms with E-state index < -0.39 is 11.8 Å². The molecule has 20 heavy (non-hydrogen) atoms. The number of nitrogens with zero attached hydrogens (tertiary/aromatic N) is 1. The topological polar surface area (TPSA) is 49.4 Å². The minimum atomic E-state index is -0.514. The number of benzene rings is 1. The van der Waals surface area contributed by atoms with Gasteiger partial charge in [-0.1, -0.05) is 29.8 Å². The van der Waals surface area contributed by atoms with Crippen molar-refractivity contribution < 1.29 is 9.59 Å². The summed E-state index contributed by atoms with van der Waals surface area (Å²) in [5.41, 5.74) is 0.685. The standard InChI is InChI=1S/C14H11ClN2O2S/c1-2-6-17-13(19)11(12(18)16-14(17)20)8-9-4-3-5-10(15)7-9/h2-5,7-8H,1,6H2,(H,16,18,20)/b11-8+. The molecule has 1 N–H and O–H groups in total. The van der Waals surface area contributed by atoms with Crippen LogP contribution in [0, 0.1) is 0 Å². The summed E-state index contributed by atoms with van der Waals surface area (Å²) in [6.07, 6.45) is 3.03. The number of thiocarbonyl (C=S) groups is 1. The number of hydrogen-bond donors (Lipinski definition) is 1. The second kappa shape index (κ2) is 5.98. The molecule has 1 aliphatic heterocycles. The fraction of sp³-hybridized carbons (Fsp3) is 0.0714. The van der Waals surface area contributed by atoms with Gasteiger partial charge in [0.15, 0.2) is 5.11 Å². The molecule has 1 aromatic carbocycles. The summed E-state index contributed by atoms with van der Waals surface area (Å²) in [6, 6.07) is 6.88. The highest BCUT2D eigenvalue weighted by molar-refractivity contribution is 7.80. The molecule has 0 aliphatic carbocycles. The molecule has 6 heteroatoms. The Kier molecular flexibility index (Phi) is 4.32. The largest absolute Gasteiger partial charge is 0.298 e. The molecule has 0 radical (unpaired) electrons. The average Bonchev–Trinajstić information content (AvgIpc) is 2.39. The van der Waals surface area contributed by atoms with Crippen LogP contribution in [0.25, 0.3) is 6.08 Å². The van der Waals surface area contributed by atoms with E-state index in [1.54, 1.807) is 30.3 Å². The van der Waals surface area contributed by atoms with Crippen LogP contribution < -0.4 is 5.32 Å². The molecule has 1 fully saturated rings. The molecule has 4 nitrogen and oxygen atoms in total. The van der Waals surface area contributed by atoms with Crippen molar-refractivity contribution in [2.45, 2.75) is 0 Å². The van der Waals surface area contributed by atoms with E-state index in [4.69, 9.17) is 23.8 Å². The Balaban J connectivity index is 2.38. The van der Waals surface area contributed by atoms with Gasteiger partial charge in [-0.3, -0.25) is 19.8 Å². The van der Waals surface area contributed by atoms with E-state index in [1.165, 1.54) is 11.0 Å². The fourth-order valence-corrected chi connectivity index (χ4v) is 2.20. The van der Waals surface area contributed by atoms with Gasteiger partial charge >= 0.3 is 0 Å². The summed E-state index contributed by atoms with van der Waals surface area (Å²) in [5, 5.41) is 3.09. The highest BCUT2D eigenvalue weighted by Crippen LogP contribution is 2.17. The van der Waals surface area contributed by atoms with Gasteiger partial charge in [-0.25, -0.2) is 0 Å².